The van der Waals surface area contributed by atoms with Crippen molar-refractivity contribution in [2.45, 2.75) is 24.7 Å². The molecule has 0 saturated heterocycles. The van der Waals surface area contributed by atoms with Crippen LogP contribution in [0.5, 0.6) is 0 Å². The molecular weight excluding hydrogens is 643 g/mol. The molecule has 0 amide bonds. The third-order valence-electron chi connectivity index (χ3n) is 12.8. The summed E-state index contributed by atoms with van der Waals surface area (Å²) in [6.07, 6.45) is 0. The number of hydrogen-bond acceptors (Lipinski definition) is 2. The third kappa shape index (κ3) is 3.43. The summed E-state index contributed by atoms with van der Waals surface area (Å²) >= 11 is 0. The molecule has 2 aliphatic carbocycles. The molecule has 12 rings (SSSR count). The van der Waals surface area contributed by atoms with E-state index in [1.54, 1.807) is 0 Å². The molecule has 9 aromatic rings. The van der Waals surface area contributed by atoms with Crippen LogP contribution in [0.4, 0.5) is 17.1 Å². The molecule has 0 N–H and O–H groups in total. The summed E-state index contributed by atoms with van der Waals surface area (Å²) in [4.78, 5) is 17.0. The highest BCUT2D eigenvalue weighted by Gasteiger charge is 2.53. The summed E-state index contributed by atoms with van der Waals surface area (Å²) in [6, 6.07) is 59.9. The molecule has 53 heavy (non-hydrogen) atoms. The number of rotatable bonds is 1. The Hall–Kier alpha value is -6.51. The Morgan fingerprint density at radius 2 is 0.943 bits per heavy atom. The zero-order valence-corrected chi connectivity index (χ0v) is 29.4. The zero-order valence-electron chi connectivity index (χ0n) is 29.4. The lowest BCUT2D eigenvalue weighted by atomic mass is 9.63. The first kappa shape index (κ1) is 29.1. The minimum absolute atomic E-state index is 0.108. The maximum atomic E-state index is 14.5. The van der Waals surface area contributed by atoms with Crippen LogP contribution in [-0.2, 0) is 10.8 Å². The molecule has 0 fully saturated rings. The van der Waals surface area contributed by atoms with E-state index in [9.17, 15) is 4.79 Å². The van der Waals surface area contributed by atoms with E-state index < -0.39 is 5.41 Å². The van der Waals surface area contributed by atoms with Crippen LogP contribution in [0, 0.1) is 0 Å². The fraction of sp³-hybridized carbons (Fsp3) is 0.0784. The lowest BCUT2D eigenvalue weighted by Gasteiger charge is -2.45. The van der Waals surface area contributed by atoms with Gasteiger partial charge < -0.3 is 4.90 Å². The molecule has 1 heterocycles. The number of carbonyl (C=O) groups excluding carboxylic acids is 1. The normalized spacial score (nSPS) is 15.7. The van der Waals surface area contributed by atoms with E-state index in [0.29, 0.717) is 0 Å². The number of fused-ring (bicyclic) bond motifs is 11. The Kier molecular flexibility index (Phi) is 5.42. The van der Waals surface area contributed by atoms with E-state index in [0.717, 1.165) is 39.3 Å². The fourth-order valence-electron chi connectivity index (χ4n) is 10.5. The molecule has 2 nitrogen and oxygen atoms in total. The number of nitrogens with zero attached hydrogens (tertiary/aromatic N) is 1. The molecule has 2 heteroatoms. The van der Waals surface area contributed by atoms with Crippen LogP contribution in [-0.4, -0.2) is 5.78 Å². The zero-order chi connectivity index (χ0) is 35.2. The Morgan fingerprint density at radius 1 is 0.396 bits per heavy atom. The van der Waals surface area contributed by atoms with Crippen molar-refractivity contribution in [3.05, 3.63) is 208 Å². The van der Waals surface area contributed by atoms with E-state index in [-0.39, 0.29) is 11.2 Å². The molecule has 0 saturated carbocycles. The average Bonchev–Trinajstić information content (AvgIpc) is 3.49. The maximum Gasteiger partial charge on any atom is 0.193 e. The van der Waals surface area contributed by atoms with Crippen LogP contribution in [0.25, 0.3) is 43.4 Å². The molecule has 0 bridgehead atoms. The molecular formula is C51H33NO. The molecule has 248 valence electrons. The van der Waals surface area contributed by atoms with Gasteiger partial charge in [-0.2, -0.15) is 0 Å². The summed E-state index contributed by atoms with van der Waals surface area (Å²) in [6.45, 7) is 4.53. The minimum Gasteiger partial charge on any atom is -0.309 e. The number of hydrogen-bond donors (Lipinski definition) is 0. The topological polar surface area (TPSA) is 20.3 Å². The van der Waals surface area contributed by atoms with E-state index in [1.807, 2.05) is 12.1 Å². The van der Waals surface area contributed by atoms with Crippen molar-refractivity contribution in [1.29, 1.82) is 0 Å². The number of anilines is 3. The van der Waals surface area contributed by atoms with Crippen molar-refractivity contribution >= 4 is 55.2 Å². The second-order valence-corrected chi connectivity index (χ2v) is 15.5. The van der Waals surface area contributed by atoms with Crippen molar-refractivity contribution in [3.63, 3.8) is 0 Å². The molecule has 0 atom stereocenters. The first-order chi connectivity index (χ1) is 26.0. The standard InChI is InChI=1S/C51H33NO/c1-50(2)38-16-5-4-15-34(38)49(53)37-29-43-36(28-42(37)50)33-14-3-6-17-39(33)51(43)40-18-7-9-20-45(40)52(46-21-10-8-19-41(46)51)44-27-25-32-23-22-30-12-11-13-31-24-26-35(44)48(32)47(30)31/h3-29H,1-2H3. The van der Waals surface area contributed by atoms with Gasteiger partial charge in [0.05, 0.1) is 22.5 Å². The first-order valence-electron chi connectivity index (χ1n) is 18.6. The van der Waals surface area contributed by atoms with Crippen LogP contribution in [0.15, 0.2) is 164 Å². The van der Waals surface area contributed by atoms with Gasteiger partial charge in [-0.1, -0.05) is 147 Å². The van der Waals surface area contributed by atoms with Crippen LogP contribution in [0.3, 0.4) is 0 Å². The minimum atomic E-state index is -0.629. The highest BCUT2D eigenvalue weighted by atomic mass is 16.1. The Balaban J connectivity index is 1.18. The van der Waals surface area contributed by atoms with Crippen molar-refractivity contribution in [2.75, 3.05) is 4.90 Å². The number of para-hydroxylation sites is 2. The van der Waals surface area contributed by atoms with Crippen molar-refractivity contribution in [3.8, 4) is 11.1 Å². The molecule has 1 aliphatic heterocycles. The van der Waals surface area contributed by atoms with Crippen LogP contribution >= 0.6 is 0 Å². The van der Waals surface area contributed by atoms with Gasteiger partial charge in [0.15, 0.2) is 5.78 Å². The quantitative estimate of drug-likeness (QED) is 0.161. The van der Waals surface area contributed by atoms with Gasteiger partial charge in [0, 0.05) is 21.9 Å². The average molecular weight is 676 g/mol. The highest BCUT2D eigenvalue weighted by molar-refractivity contribution is 6.26. The Morgan fingerprint density at radius 3 is 1.66 bits per heavy atom. The second kappa shape index (κ2) is 9.87. The molecule has 3 aliphatic rings. The maximum absolute atomic E-state index is 14.5. The predicted molar refractivity (Wildman–Crippen MR) is 218 cm³/mol. The van der Waals surface area contributed by atoms with Gasteiger partial charge in [-0.15, -0.1) is 0 Å². The monoisotopic (exact) mass is 675 g/mol. The molecule has 0 radical (unpaired) electrons. The molecule has 9 aromatic carbocycles. The first-order valence-corrected chi connectivity index (χ1v) is 18.6. The van der Waals surface area contributed by atoms with Gasteiger partial charge in [0.2, 0.25) is 0 Å². The van der Waals surface area contributed by atoms with E-state index in [4.69, 9.17) is 0 Å². The Labute approximate surface area is 307 Å². The van der Waals surface area contributed by atoms with E-state index >= 15 is 0 Å². The lowest BCUT2D eigenvalue weighted by Crippen LogP contribution is -2.37. The largest absolute Gasteiger partial charge is 0.309 e. The molecule has 1 spiro atoms. The Bertz CT molecular complexity index is 3010. The fourth-order valence-corrected chi connectivity index (χ4v) is 10.5. The smallest absolute Gasteiger partial charge is 0.193 e. The molecule has 0 unspecified atom stereocenters. The van der Waals surface area contributed by atoms with Gasteiger partial charge in [0.25, 0.3) is 0 Å². The summed E-state index contributed by atoms with van der Waals surface area (Å²) in [7, 11) is 0. The number of benzene rings is 9. The van der Waals surface area contributed by atoms with Crippen LogP contribution < -0.4 is 4.90 Å². The van der Waals surface area contributed by atoms with E-state index in [2.05, 4.69) is 170 Å². The summed E-state index contributed by atoms with van der Waals surface area (Å²) in [5.74, 6) is 0.108. The SMILES string of the molecule is CC1(C)c2ccccc2C(=O)c2cc3c(cc21)-c1ccccc1C31c2ccccc2N(c2ccc3ccc4cccc5ccc2c3c45)c2ccccc21. The van der Waals surface area contributed by atoms with Gasteiger partial charge in [-0.05, 0) is 102 Å². The molecule has 0 aromatic heterocycles. The van der Waals surface area contributed by atoms with Crippen molar-refractivity contribution < 1.29 is 4.79 Å². The number of ketones is 1. The van der Waals surface area contributed by atoms with Crippen molar-refractivity contribution in [1.82, 2.24) is 0 Å². The number of carbonyl (C=O) groups is 1. The third-order valence-corrected chi connectivity index (χ3v) is 12.8. The van der Waals surface area contributed by atoms with Gasteiger partial charge >= 0.3 is 0 Å². The highest BCUT2D eigenvalue weighted by Crippen LogP contribution is 2.64. The predicted octanol–water partition coefficient (Wildman–Crippen LogP) is 12.6. The van der Waals surface area contributed by atoms with Gasteiger partial charge in [-0.25, -0.2) is 0 Å². The van der Waals surface area contributed by atoms with E-state index in [1.165, 1.54) is 65.7 Å². The van der Waals surface area contributed by atoms with Crippen molar-refractivity contribution in [2.24, 2.45) is 0 Å². The van der Waals surface area contributed by atoms with Gasteiger partial charge in [-0.3, -0.25) is 4.79 Å². The van der Waals surface area contributed by atoms with Crippen LogP contribution in [0.2, 0.25) is 0 Å². The summed E-state index contributed by atoms with van der Waals surface area (Å²) in [5, 5.41) is 7.63. The second-order valence-electron chi connectivity index (χ2n) is 15.5. The summed E-state index contributed by atoms with van der Waals surface area (Å²) in [5.41, 5.74) is 13.6. The van der Waals surface area contributed by atoms with Crippen LogP contribution in [0.1, 0.15) is 63.1 Å². The summed E-state index contributed by atoms with van der Waals surface area (Å²) < 4.78 is 0. The lowest BCUT2D eigenvalue weighted by molar-refractivity contribution is 0.103. The van der Waals surface area contributed by atoms with Gasteiger partial charge in [0.1, 0.15) is 0 Å².